The van der Waals surface area contributed by atoms with Gasteiger partial charge in [-0.25, -0.2) is 4.79 Å². The van der Waals surface area contributed by atoms with Crippen LogP contribution in [0.25, 0.3) is 0 Å². The zero-order valence-electron chi connectivity index (χ0n) is 11.9. The third-order valence-electron chi connectivity index (χ3n) is 2.86. The number of ether oxygens (including phenoxy) is 3. The molecule has 2 aromatic rings. The molecule has 8 heteroatoms. The van der Waals surface area contributed by atoms with Crippen LogP contribution in [0, 0.1) is 0 Å². The van der Waals surface area contributed by atoms with Gasteiger partial charge in [-0.2, -0.15) is 0 Å². The lowest BCUT2D eigenvalue weighted by atomic mass is 10.2. The molecule has 8 nitrogen and oxygen atoms in total. The SMILES string of the molecule is COc1cc(C(=O)O)cc(OC)c1OCc1nncn1C. The van der Waals surface area contributed by atoms with E-state index >= 15 is 0 Å². The van der Waals surface area contributed by atoms with Gasteiger partial charge in [0.25, 0.3) is 0 Å². The Balaban J connectivity index is 2.33. The van der Waals surface area contributed by atoms with Crippen molar-refractivity contribution in [1.29, 1.82) is 0 Å². The molecule has 0 unspecified atom stereocenters. The predicted molar refractivity (Wildman–Crippen MR) is 71.8 cm³/mol. The van der Waals surface area contributed by atoms with Crippen molar-refractivity contribution >= 4 is 5.97 Å². The smallest absolute Gasteiger partial charge is 0.335 e. The molecular formula is C13H15N3O5. The second-order valence-electron chi connectivity index (χ2n) is 4.16. The number of carboxylic acid groups (broad SMARTS) is 1. The first kappa shape index (κ1) is 14.6. The zero-order chi connectivity index (χ0) is 15.4. The lowest BCUT2D eigenvalue weighted by molar-refractivity contribution is 0.0696. The summed E-state index contributed by atoms with van der Waals surface area (Å²) in [4.78, 5) is 11.1. The molecule has 0 bridgehead atoms. The third kappa shape index (κ3) is 3.04. The Bertz CT molecular complexity index is 628. The molecule has 0 spiro atoms. The van der Waals surface area contributed by atoms with Crippen molar-refractivity contribution in [3.05, 3.63) is 29.8 Å². The molecule has 2 rings (SSSR count). The highest BCUT2D eigenvalue weighted by atomic mass is 16.5. The van der Waals surface area contributed by atoms with Crippen LogP contribution in [-0.2, 0) is 13.7 Å². The van der Waals surface area contributed by atoms with E-state index < -0.39 is 5.97 Å². The van der Waals surface area contributed by atoms with Gasteiger partial charge in [0.15, 0.2) is 17.3 Å². The Morgan fingerprint density at radius 1 is 1.29 bits per heavy atom. The minimum Gasteiger partial charge on any atom is -0.493 e. The molecule has 1 N–H and O–H groups in total. The summed E-state index contributed by atoms with van der Waals surface area (Å²) in [6.07, 6.45) is 1.56. The highest BCUT2D eigenvalue weighted by Crippen LogP contribution is 2.39. The monoisotopic (exact) mass is 293 g/mol. The van der Waals surface area contributed by atoms with Crippen molar-refractivity contribution in [2.45, 2.75) is 6.61 Å². The molecule has 0 radical (unpaired) electrons. The van der Waals surface area contributed by atoms with E-state index in [1.807, 2.05) is 0 Å². The van der Waals surface area contributed by atoms with Crippen LogP contribution in [0.3, 0.4) is 0 Å². The Morgan fingerprint density at radius 3 is 2.33 bits per heavy atom. The Morgan fingerprint density at radius 2 is 1.90 bits per heavy atom. The van der Waals surface area contributed by atoms with Gasteiger partial charge >= 0.3 is 5.97 Å². The predicted octanol–water partition coefficient (Wildman–Crippen LogP) is 1.11. The summed E-state index contributed by atoms with van der Waals surface area (Å²) < 4.78 is 17.7. The van der Waals surface area contributed by atoms with Gasteiger partial charge < -0.3 is 23.9 Å². The van der Waals surface area contributed by atoms with Crippen LogP contribution in [0.2, 0.25) is 0 Å². The van der Waals surface area contributed by atoms with Crippen molar-refractivity contribution in [1.82, 2.24) is 14.8 Å². The molecule has 112 valence electrons. The third-order valence-corrected chi connectivity index (χ3v) is 2.86. The fraction of sp³-hybridized carbons (Fsp3) is 0.308. The highest BCUT2D eigenvalue weighted by Gasteiger charge is 2.18. The number of carboxylic acids is 1. The van der Waals surface area contributed by atoms with E-state index in [9.17, 15) is 4.79 Å². The van der Waals surface area contributed by atoms with Crippen molar-refractivity contribution in [3.8, 4) is 17.2 Å². The molecule has 21 heavy (non-hydrogen) atoms. The summed E-state index contributed by atoms with van der Waals surface area (Å²) in [5.41, 5.74) is 0.0507. The topological polar surface area (TPSA) is 95.7 Å². The molecular weight excluding hydrogens is 278 g/mol. The molecule has 0 aliphatic heterocycles. The van der Waals surface area contributed by atoms with E-state index in [-0.39, 0.29) is 23.7 Å². The normalized spacial score (nSPS) is 10.2. The molecule has 0 aliphatic carbocycles. The van der Waals surface area contributed by atoms with Crippen LogP contribution in [0.1, 0.15) is 16.2 Å². The largest absolute Gasteiger partial charge is 0.493 e. The van der Waals surface area contributed by atoms with Crippen LogP contribution in [0.15, 0.2) is 18.5 Å². The first-order valence-electron chi connectivity index (χ1n) is 6.01. The maximum absolute atomic E-state index is 11.1. The van der Waals surface area contributed by atoms with Crippen LogP contribution in [0.5, 0.6) is 17.2 Å². The number of carbonyl (C=O) groups is 1. The molecule has 0 aliphatic rings. The second kappa shape index (κ2) is 6.12. The van der Waals surface area contributed by atoms with Gasteiger partial charge in [0.05, 0.1) is 19.8 Å². The molecule has 1 aromatic carbocycles. The number of aromatic carboxylic acids is 1. The maximum atomic E-state index is 11.1. The molecule has 1 aromatic heterocycles. The van der Waals surface area contributed by atoms with Gasteiger partial charge in [0.2, 0.25) is 5.75 Å². The number of hydrogen-bond donors (Lipinski definition) is 1. The highest BCUT2D eigenvalue weighted by molar-refractivity contribution is 5.89. The second-order valence-corrected chi connectivity index (χ2v) is 4.16. The number of aryl methyl sites for hydroxylation is 1. The van der Waals surface area contributed by atoms with E-state index in [1.54, 1.807) is 17.9 Å². The summed E-state index contributed by atoms with van der Waals surface area (Å²) >= 11 is 0. The number of aromatic nitrogens is 3. The van der Waals surface area contributed by atoms with E-state index in [0.29, 0.717) is 11.6 Å². The summed E-state index contributed by atoms with van der Waals surface area (Å²) in [5, 5.41) is 16.7. The number of rotatable bonds is 6. The molecule has 0 atom stereocenters. The van der Waals surface area contributed by atoms with Crippen molar-refractivity contribution in [2.24, 2.45) is 7.05 Å². The molecule has 0 saturated carbocycles. The molecule has 0 saturated heterocycles. The Labute approximate surface area is 120 Å². The van der Waals surface area contributed by atoms with E-state index in [4.69, 9.17) is 19.3 Å². The molecule has 0 fully saturated rings. The van der Waals surface area contributed by atoms with Crippen molar-refractivity contribution in [2.75, 3.05) is 14.2 Å². The number of benzene rings is 1. The fourth-order valence-electron chi connectivity index (χ4n) is 1.72. The maximum Gasteiger partial charge on any atom is 0.335 e. The lowest BCUT2D eigenvalue weighted by Gasteiger charge is -2.14. The lowest BCUT2D eigenvalue weighted by Crippen LogP contribution is -2.06. The number of hydrogen-bond acceptors (Lipinski definition) is 6. The van der Waals surface area contributed by atoms with Gasteiger partial charge in [0, 0.05) is 7.05 Å². The molecule has 1 heterocycles. The van der Waals surface area contributed by atoms with Crippen LogP contribution >= 0.6 is 0 Å². The Kier molecular flexibility index (Phi) is 4.27. The van der Waals surface area contributed by atoms with Gasteiger partial charge in [-0.05, 0) is 12.1 Å². The summed E-state index contributed by atoms with van der Waals surface area (Å²) in [6.45, 7) is 0.148. The summed E-state index contributed by atoms with van der Waals surface area (Å²) in [5.74, 6) is 0.392. The van der Waals surface area contributed by atoms with Crippen LogP contribution in [0.4, 0.5) is 0 Å². The average molecular weight is 293 g/mol. The van der Waals surface area contributed by atoms with Crippen molar-refractivity contribution < 1.29 is 24.1 Å². The van der Waals surface area contributed by atoms with Gasteiger partial charge in [-0.15, -0.1) is 10.2 Å². The number of nitrogens with zero attached hydrogens (tertiary/aromatic N) is 3. The number of methoxy groups -OCH3 is 2. The van der Waals surface area contributed by atoms with Crippen LogP contribution < -0.4 is 14.2 Å². The van der Waals surface area contributed by atoms with Gasteiger partial charge in [-0.1, -0.05) is 0 Å². The first-order valence-corrected chi connectivity index (χ1v) is 6.01. The Hall–Kier alpha value is -2.77. The van der Waals surface area contributed by atoms with E-state index in [0.717, 1.165) is 0 Å². The standard InChI is InChI=1S/C13H15N3O5/c1-16-7-14-15-11(16)6-21-12-9(19-2)4-8(13(17)18)5-10(12)20-3/h4-5,7H,6H2,1-3H3,(H,17,18). The van der Waals surface area contributed by atoms with Gasteiger partial charge in [-0.3, -0.25) is 0 Å². The van der Waals surface area contributed by atoms with E-state index in [1.165, 1.54) is 26.4 Å². The minimum atomic E-state index is -1.08. The van der Waals surface area contributed by atoms with Gasteiger partial charge in [0.1, 0.15) is 12.9 Å². The van der Waals surface area contributed by atoms with Crippen LogP contribution in [-0.4, -0.2) is 40.1 Å². The van der Waals surface area contributed by atoms with Crippen molar-refractivity contribution in [3.63, 3.8) is 0 Å². The fourth-order valence-corrected chi connectivity index (χ4v) is 1.72. The van der Waals surface area contributed by atoms with E-state index in [2.05, 4.69) is 10.2 Å². The summed E-state index contributed by atoms with van der Waals surface area (Å²) in [6, 6.07) is 2.74. The summed E-state index contributed by atoms with van der Waals surface area (Å²) in [7, 11) is 4.64. The minimum absolute atomic E-state index is 0.0507. The zero-order valence-corrected chi connectivity index (χ0v) is 11.9. The quantitative estimate of drug-likeness (QED) is 0.852. The first-order chi connectivity index (χ1) is 10.1. The average Bonchev–Trinajstić information content (AvgIpc) is 2.89. The molecule has 0 amide bonds.